The first-order chi connectivity index (χ1) is 14.7. The standard InChI is InChI=1S/C20H24F3N3O4S.ClH/c1-29-19-6-5-17(12-18(19)26-9-7-24-8-10-26)31(27,28)25-16-4-2-3-15(11-16)13-30-14-20(21,22)23;/h2-6,11-12,24-25H,7-10,13-14H2,1H3;1H. The molecule has 2 N–H and O–H groups in total. The lowest BCUT2D eigenvalue weighted by atomic mass is 10.2. The molecule has 0 spiro atoms. The predicted molar refractivity (Wildman–Crippen MR) is 118 cm³/mol. The molecule has 178 valence electrons. The molecule has 0 radical (unpaired) electrons. The fourth-order valence-corrected chi connectivity index (χ4v) is 4.28. The molecule has 3 rings (SSSR count). The quantitative estimate of drug-likeness (QED) is 0.584. The molecule has 32 heavy (non-hydrogen) atoms. The van der Waals surface area contributed by atoms with E-state index in [1.807, 2.05) is 4.90 Å². The molecule has 2 aromatic rings. The fourth-order valence-electron chi connectivity index (χ4n) is 3.21. The van der Waals surface area contributed by atoms with Crippen LogP contribution in [0, 0.1) is 0 Å². The summed E-state index contributed by atoms with van der Waals surface area (Å²) in [4.78, 5) is 2.10. The van der Waals surface area contributed by atoms with Crippen LogP contribution in [0.1, 0.15) is 5.56 Å². The molecule has 12 heteroatoms. The Hall–Kier alpha value is -2.21. The molecule has 0 bridgehead atoms. The van der Waals surface area contributed by atoms with Crippen LogP contribution in [-0.2, 0) is 21.4 Å². The third-order valence-corrected chi connectivity index (χ3v) is 6.01. The first-order valence-corrected chi connectivity index (χ1v) is 11.1. The highest BCUT2D eigenvalue weighted by molar-refractivity contribution is 7.92. The number of alkyl halides is 3. The molecular weight excluding hydrogens is 471 g/mol. The van der Waals surface area contributed by atoms with Gasteiger partial charge in [0.25, 0.3) is 10.0 Å². The smallest absolute Gasteiger partial charge is 0.411 e. The van der Waals surface area contributed by atoms with Crippen LogP contribution in [0.15, 0.2) is 47.4 Å². The number of benzene rings is 2. The van der Waals surface area contributed by atoms with Crippen LogP contribution >= 0.6 is 12.4 Å². The van der Waals surface area contributed by atoms with Crippen molar-refractivity contribution in [3.8, 4) is 5.75 Å². The van der Waals surface area contributed by atoms with E-state index < -0.39 is 22.8 Å². The van der Waals surface area contributed by atoms with Crippen LogP contribution in [0.5, 0.6) is 5.75 Å². The molecule has 2 aromatic carbocycles. The van der Waals surface area contributed by atoms with E-state index in [0.29, 0.717) is 30.1 Å². The minimum Gasteiger partial charge on any atom is -0.495 e. The predicted octanol–water partition coefficient (Wildman–Crippen LogP) is 3.41. The summed E-state index contributed by atoms with van der Waals surface area (Å²) in [5.41, 5.74) is 1.33. The number of piperazine rings is 1. The Kier molecular flexibility index (Phi) is 9.02. The van der Waals surface area contributed by atoms with Crippen LogP contribution in [0.25, 0.3) is 0 Å². The summed E-state index contributed by atoms with van der Waals surface area (Å²) >= 11 is 0. The second-order valence-corrected chi connectivity index (χ2v) is 8.67. The highest BCUT2D eigenvalue weighted by Gasteiger charge is 2.27. The molecule has 0 unspecified atom stereocenters. The van der Waals surface area contributed by atoms with Crippen molar-refractivity contribution >= 4 is 33.8 Å². The van der Waals surface area contributed by atoms with Crippen molar-refractivity contribution in [3.05, 3.63) is 48.0 Å². The van der Waals surface area contributed by atoms with Crippen LogP contribution in [-0.4, -0.2) is 54.5 Å². The summed E-state index contributed by atoms with van der Waals surface area (Å²) < 4.78 is 75.1. The largest absolute Gasteiger partial charge is 0.495 e. The molecule has 7 nitrogen and oxygen atoms in total. The van der Waals surface area contributed by atoms with E-state index in [1.165, 1.54) is 25.3 Å². The number of nitrogens with zero attached hydrogens (tertiary/aromatic N) is 1. The number of methoxy groups -OCH3 is 1. The second kappa shape index (κ2) is 11.1. The molecule has 0 aliphatic carbocycles. The van der Waals surface area contributed by atoms with Gasteiger partial charge in [0.15, 0.2) is 0 Å². The summed E-state index contributed by atoms with van der Waals surface area (Å²) in [5, 5.41) is 3.24. The lowest BCUT2D eigenvalue weighted by Gasteiger charge is -2.30. The molecular formula is C20H25ClF3N3O4S. The van der Waals surface area contributed by atoms with E-state index in [2.05, 4.69) is 14.8 Å². The van der Waals surface area contributed by atoms with Gasteiger partial charge in [-0.1, -0.05) is 12.1 Å². The van der Waals surface area contributed by atoms with E-state index >= 15 is 0 Å². The SMILES string of the molecule is COc1ccc(S(=O)(=O)Nc2cccc(COCC(F)(F)F)c2)cc1N1CCNCC1.Cl. The number of hydrogen-bond acceptors (Lipinski definition) is 6. The molecule has 0 amide bonds. The Balaban J connectivity index is 0.00000363. The first-order valence-electron chi connectivity index (χ1n) is 9.58. The number of ether oxygens (including phenoxy) is 2. The van der Waals surface area contributed by atoms with Crippen molar-refractivity contribution in [2.24, 2.45) is 0 Å². The Morgan fingerprint density at radius 2 is 1.84 bits per heavy atom. The number of anilines is 2. The zero-order valence-electron chi connectivity index (χ0n) is 17.3. The van der Waals surface area contributed by atoms with Crippen LogP contribution in [0.3, 0.4) is 0 Å². The maximum atomic E-state index is 12.9. The highest BCUT2D eigenvalue weighted by atomic mass is 35.5. The molecule has 1 saturated heterocycles. The van der Waals surface area contributed by atoms with Gasteiger partial charge in [-0.2, -0.15) is 13.2 Å². The number of halogens is 4. The number of hydrogen-bond donors (Lipinski definition) is 2. The van der Waals surface area contributed by atoms with Crippen molar-refractivity contribution < 1.29 is 31.1 Å². The number of rotatable bonds is 8. The normalized spacial score (nSPS) is 14.6. The van der Waals surface area contributed by atoms with Gasteiger partial charge in [-0.25, -0.2) is 8.42 Å². The first kappa shape index (κ1) is 26.0. The molecule has 1 fully saturated rings. The minimum absolute atomic E-state index is 0. The van der Waals surface area contributed by atoms with Gasteiger partial charge in [0.2, 0.25) is 0 Å². The van der Waals surface area contributed by atoms with Crippen LogP contribution < -0.4 is 19.7 Å². The number of sulfonamides is 1. The summed E-state index contributed by atoms with van der Waals surface area (Å²) in [7, 11) is -2.40. The van der Waals surface area contributed by atoms with Gasteiger partial charge in [-0.05, 0) is 35.9 Å². The third-order valence-electron chi connectivity index (χ3n) is 4.63. The van der Waals surface area contributed by atoms with Crippen molar-refractivity contribution in [3.63, 3.8) is 0 Å². The van der Waals surface area contributed by atoms with Crippen molar-refractivity contribution in [1.82, 2.24) is 5.32 Å². The Labute approximate surface area is 191 Å². The monoisotopic (exact) mass is 495 g/mol. The van der Waals surface area contributed by atoms with Gasteiger partial charge in [-0.3, -0.25) is 4.72 Å². The Bertz CT molecular complexity index is 1000. The number of nitrogens with one attached hydrogen (secondary N) is 2. The molecule has 1 aliphatic rings. The maximum absolute atomic E-state index is 12.9. The van der Waals surface area contributed by atoms with Crippen molar-refractivity contribution in [2.45, 2.75) is 17.7 Å². The van der Waals surface area contributed by atoms with E-state index in [0.717, 1.165) is 13.1 Å². The minimum atomic E-state index is -4.42. The molecule has 0 saturated carbocycles. The average Bonchev–Trinajstić information content (AvgIpc) is 2.73. The van der Waals surface area contributed by atoms with Gasteiger partial charge in [0.1, 0.15) is 12.4 Å². The highest BCUT2D eigenvalue weighted by Crippen LogP contribution is 2.32. The maximum Gasteiger partial charge on any atom is 0.411 e. The van der Waals surface area contributed by atoms with Gasteiger partial charge >= 0.3 is 6.18 Å². The Morgan fingerprint density at radius 1 is 1.12 bits per heavy atom. The zero-order valence-corrected chi connectivity index (χ0v) is 18.9. The van der Waals surface area contributed by atoms with E-state index in [9.17, 15) is 21.6 Å². The second-order valence-electron chi connectivity index (χ2n) is 6.98. The van der Waals surface area contributed by atoms with Gasteiger partial charge in [0.05, 0.1) is 24.3 Å². The van der Waals surface area contributed by atoms with Crippen molar-refractivity contribution in [2.75, 3.05) is 49.5 Å². The summed E-state index contributed by atoms with van der Waals surface area (Å²) in [5.74, 6) is 0.574. The Morgan fingerprint density at radius 3 is 2.50 bits per heavy atom. The molecule has 0 atom stereocenters. The van der Waals surface area contributed by atoms with Gasteiger partial charge < -0.3 is 19.7 Å². The summed E-state index contributed by atoms with van der Waals surface area (Å²) in [6.45, 7) is 1.33. The van der Waals surface area contributed by atoms with Crippen LogP contribution in [0.2, 0.25) is 0 Å². The summed E-state index contributed by atoms with van der Waals surface area (Å²) in [6.07, 6.45) is -4.42. The van der Waals surface area contributed by atoms with Crippen molar-refractivity contribution in [1.29, 1.82) is 0 Å². The van der Waals surface area contributed by atoms with E-state index in [4.69, 9.17) is 4.74 Å². The van der Waals surface area contributed by atoms with Crippen LogP contribution in [0.4, 0.5) is 24.5 Å². The molecule has 1 heterocycles. The lowest BCUT2D eigenvalue weighted by molar-refractivity contribution is -0.176. The molecule has 0 aromatic heterocycles. The van der Waals surface area contributed by atoms with Gasteiger partial charge in [0, 0.05) is 31.9 Å². The average molecular weight is 496 g/mol. The lowest BCUT2D eigenvalue weighted by Crippen LogP contribution is -2.43. The topological polar surface area (TPSA) is 79.9 Å². The zero-order chi connectivity index (χ0) is 22.5. The molecule has 1 aliphatic heterocycles. The third kappa shape index (κ3) is 7.16. The fraction of sp³-hybridized carbons (Fsp3) is 0.400. The van der Waals surface area contributed by atoms with E-state index in [-0.39, 0.29) is 29.6 Å². The van der Waals surface area contributed by atoms with Gasteiger partial charge in [-0.15, -0.1) is 12.4 Å². The summed E-state index contributed by atoms with van der Waals surface area (Å²) in [6, 6.07) is 10.7. The van der Waals surface area contributed by atoms with E-state index in [1.54, 1.807) is 24.3 Å².